The molecule has 3 fully saturated rings. The molecule has 0 radical (unpaired) electrons. The minimum absolute atomic E-state index is 0.0150. The average Bonchev–Trinajstić information content (AvgIpc) is 3.97. The Morgan fingerprint density at radius 3 is 2.55 bits per heavy atom. The third-order valence-electron chi connectivity index (χ3n) is 11.1. The van der Waals surface area contributed by atoms with E-state index in [4.69, 9.17) is 9.47 Å². The van der Waals surface area contributed by atoms with E-state index >= 15 is 0 Å². The molecule has 4 N–H and O–H groups in total. The second-order valence-corrected chi connectivity index (χ2v) is 17.0. The largest absolute Gasteiger partial charge is 0.494 e. The van der Waals surface area contributed by atoms with Crippen LogP contribution < -0.4 is 24.8 Å². The second-order valence-electron chi connectivity index (χ2n) is 14.8. The summed E-state index contributed by atoms with van der Waals surface area (Å²) in [6.07, 6.45) is 6.79. The van der Waals surface area contributed by atoms with Gasteiger partial charge in [0.25, 0.3) is 5.91 Å². The number of methoxy groups -OCH3 is 1. The standard InChI is InChI=1S/C36H47N5O9S/c1-5-22-16-21(2)10-6-7-11-23-18-36(23,33(44)40-51(47,48)35(3)14-15-35)39-30(42)27-17-24(20-41(27)32(43)29(22)38-34(45)46)50-31-26-13-9-8-12-25(26)28(49-4)19-37-31/h7-9,11-13,19,21-24,27,29,38H,5-6,10,14-18,20H2,1-4H3,(H,39,42)(H,40,44)(H,45,46)/b11-7-/t21-,22-,23?,24-,27+,29+,36?/m1/s1. The number of allylic oxidation sites excluding steroid dienone is 1. The van der Waals surface area contributed by atoms with Crippen LogP contribution in [0.3, 0.4) is 0 Å². The van der Waals surface area contributed by atoms with Gasteiger partial charge in [0.2, 0.25) is 27.7 Å². The number of carbonyl (C=O) groups excluding carboxylic acids is 3. The van der Waals surface area contributed by atoms with Crippen molar-refractivity contribution in [3.8, 4) is 11.6 Å². The highest BCUT2D eigenvalue weighted by Crippen LogP contribution is 2.47. The summed E-state index contributed by atoms with van der Waals surface area (Å²) >= 11 is 0. The van der Waals surface area contributed by atoms with Crippen molar-refractivity contribution in [2.45, 2.75) is 101 Å². The van der Waals surface area contributed by atoms with Crippen molar-refractivity contribution < 1.29 is 42.2 Å². The number of sulfonamides is 1. The number of amides is 4. The van der Waals surface area contributed by atoms with E-state index in [1.807, 2.05) is 43.3 Å². The van der Waals surface area contributed by atoms with Crippen LogP contribution in [0.4, 0.5) is 4.79 Å². The molecular weight excluding hydrogens is 678 g/mol. The lowest BCUT2D eigenvalue weighted by Gasteiger charge is -2.33. The molecule has 1 aromatic heterocycles. The van der Waals surface area contributed by atoms with Crippen LogP contribution >= 0.6 is 0 Å². The molecule has 1 saturated heterocycles. The number of carbonyl (C=O) groups is 4. The van der Waals surface area contributed by atoms with Gasteiger partial charge in [0.15, 0.2) is 0 Å². The van der Waals surface area contributed by atoms with E-state index in [0.29, 0.717) is 43.2 Å². The molecule has 2 unspecified atom stereocenters. The van der Waals surface area contributed by atoms with E-state index in [1.165, 1.54) is 18.2 Å². The average molecular weight is 726 g/mol. The zero-order valence-corrected chi connectivity index (χ0v) is 30.2. The Balaban J connectivity index is 1.35. The van der Waals surface area contributed by atoms with Gasteiger partial charge in [-0.1, -0.05) is 50.6 Å². The predicted octanol–water partition coefficient (Wildman–Crippen LogP) is 3.50. The molecule has 14 nitrogen and oxygen atoms in total. The molecule has 15 heteroatoms. The van der Waals surface area contributed by atoms with Crippen molar-refractivity contribution >= 4 is 44.6 Å². The van der Waals surface area contributed by atoms with Crippen molar-refractivity contribution in [3.05, 3.63) is 42.6 Å². The molecule has 4 amide bonds. The summed E-state index contributed by atoms with van der Waals surface area (Å²) in [7, 11) is -2.46. The van der Waals surface area contributed by atoms with Crippen LogP contribution in [0.1, 0.15) is 72.1 Å². The van der Waals surface area contributed by atoms with Gasteiger partial charge in [-0.2, -0.15) is 0 Å². The fourth-order valence-corrected chi connectivity index (χ4v) is 8.82. The van der Waals surface area contributed by atoms with Crippen LogP contribution in [0.5, 0.6) is 11.6 Å². The summed E-state index contributed by atoms with van der Waals surface area (Å²) < 4.78 is 39.3. The highest BCUT2D eigenvalue weighted by molar-refractivity contribution is 7.91. The van der Waals surface area contributed by atoms with Crippen molar-refractivity contribution in [3.63, 3.8) is 0 Å². The van der Waals surface area contributed by atoms with Crippen LogP contribution in [-0.2, 0) is 24.4 Å². The zero-order chi connectivity index (χ0) is 36.7. The molecule has 1 aromatic carbocycles. The second kappa shape index (κ2) is 14.0. The first-order valence-electron chi connectivity index (χ1n) is 17.7. The maximum atomic E-state index is 14.5. The van der Waals surface area contributed by atoms with Crippen molar-refractivity contribution in [1.29, 1.82) is 0 Å². The summed E-state index contributed by atoms with van der Waals surface area (Å²) in [5.74, 6) is -1.91. The Hall–Kier alpha value is -4.40. The topological polar surface area (TPSA) is 193 Å². The molecule has 0 spiro atoms. The number of benzene rings is 1. The molecule has 4 aliphatic rings. The van der Waals surface area contributed by atoms with Crippen LogP contribution in [0.2, 0.25) is 0 Å². The molecule has 2 saturated carbocycles. The maximum Gasteiger partial charge on any atom is 0.405 e. The number of nitrogens with one attached hydrogen (secondary N) is 3. The molecule has 276 valence electrons. The number of hydrogen-bond donors (Lipinski definition) is 4. The normalized spacial score (nSPS) is 31.2. The first-order valence-corrected chi connectivity index (χ1v) is 19.1. The summed E-state index contributed by atoms with van der Waals surface area (Å²) in [4.78, 5) is 60.5. The Labute approximate surface area is 297 Å². The Morgan fingerprint density at radius 1 is 1.16 bits per heavy atom. The lowest BCUT2D eigenvalue weighted by molar-refractivity contribution is -0.142. The van der Waals surface area contributed by atoms with Gasteiger partial charge in [-0.05, 0) is 63.4 Å². The van der Waals surface area contributed by atoms with E-state index in [0.717, 1.165) is 11.8 Å². The molecular formula is C36H47N5O9S. The monoisotopic (exact) mass is 725 g/mol. The summed E-state index contributed by atoms with van der Waals surface area (Å²) in [6.45, 7) is 5.48. The van der Waals surface area contributed by atoms with Crippen LogP contribution in [0, 0.1) is 17.8 Å². The third kappa shape index (κ3) is 7.22. The maximum absolute atomic E-state index is 14.5. The summed E-state index contributed by atoms with van der Waals surface area (Å²) in [5, 5.41) is 16.6. The van der Waals surface area contributed by atoms with E-state index in [2.05, 4.69) is 27.3 Å². The van der Waals surface area contributed by atoms with Gasteiger partial charge in [0.05, 0.1) is 24.6 Å². The highest BCUT2D eigenvalue weighted by atomic mass is 32.2. The van der Waals surface area contributed by atoms with E-state index in [9.17, 15) is 32.7 Å². The van der Waals surface area contributed by atoms with Gasteiger partial charge in [0, 0.05) is 23.1 Å². The van der Waals surface area contributed by atoms with Gasteiger partial charge in [-0.15, -0.1) is 0 Å². The highest BCUT2D eigenvalue weighted by Gasteiger charge is 2.63. The molecule has 2 aliphatic carbocycles. The van der Waals surface area contributed by atoms with Gasteiger partial charge in [-0.3, -0.25) is 19.1 Å². The van der Waals surface area contributed by atoms with Crippen LogP contribution in [-0.4, -0.2) is 89.4 Å². The fraction of sp³-hybridized carbons (Fsp3) is 0.583. The third-order valence-corrected chi connectivity index (χ3v) is 13.3. The SMILES string of the molecule is CC[C@@H]1C[C@H](C)CC/C=C\C2CC2(C(=O)NS(=O)(=O)C2(C)CC2)NC(=O)[C@@H]2C[C@@H](Oc3ncc(OC)c4ccccc34)CN2C(=O)[C@H]1NC(=O)O. The lowest BCUT2D eigenvalue weighted by Crippen LogP contribution is -2.59. The minimum atomic E-state index is -4.00. The summed E-state index contributed by atoms with van der Waals surface area (Å²) in [6, 6.07) is 5.08. The molecule has 6 rings (SSSR count). The van der Waals surface area contributed by atoms with E-state index in [-0.39, 0.29) is 37.1 Å². The van der Waals surface area contributed by atoms with E-state index in [1.54, 1.807) is 6.92 Å². The zero-order valence-electron chi connectivity index (χ0n) is 29.4. The lowest BCUT2D eigenvalue weighted by atomic mass is 9.85. The Kier molecular flexibility index (Phi) is 9.96. The molecule has 51 heavy (non-hydrogen) atoms. The van der Waals surface area contributed by atoms with Gasteiger partial charge in [0.1, 0.15) is 29.5 Å². The quantitative estimate of drug-likeness (QED) is 0.293. The molecule has 7 atom stereocenters. The van der Waals surface area contributed by atoms with Gasteiger partial charge >= 0.3 is 6.09 Å². The van der Waals surface area contributed by atoms with E-state index < -0.39 is 68.2 Å². The smallest absolute Gasteiger partial charge is 0.405 e. The predicted molar refractivity (Wildman–Crippen MR) is 187 cm³/mol. The van der Waals surface area contributed by atoms with Gasteiger partial charge < -0.3 is 30.1 Å². The number of hydrogen-bond acceptors (Lipinski definition) is 9. The van der Waals surface area contributed by atoms with Crippen molar-refractivity contribution in [1.82, 2.24) is 25.2 Å². The number of pyridine rings is 1. The number of aromatic nitrogens is 1. The number of fused-ring (bicyclic) bond motifs is 3. The van der Waals surface area contributed by atoms with Crippen molar-refractivity contribution in [2.75, 3.05) is 13.7 Å². The summed E-state index contributed by atoms with van der Waals surface area (Å²) in [5.41, 5.74) is -1.54. The Bertz CT molecular complexity index is 1850. The molecule has 3 heterocycles. The molecule has 0 bridgehead atoms. The van der Waals surface area contributed by atoms with Crippen LogP contribution in [0.15, 0.2) is 42.6 Å². The number of ether oxygens (including phenoxy) is 2. The first kappa shape index (κ1) is 36.4. The number of nitrogens with zero attached hydrogens (tertiary/aromatic N) is 2. The molecule has 2 aliphatic heterocycles. The number of carboxylic acid groups (broad SMARTS) is 1. The van der Waals surface area contributed by atoms with Crippen LogP contribution in [0.25, 0.3) is 10.8 Å². The first-order chi connectivity index (χ1) is 24.2. The molecule has 2 aromatic rings. The van der Waals surface area contributed by atoms with Crippen molar-refractivity contribution in [2.24, 2.45) is 17.8 Å². The minimum Gasteiger partial charge on any atom is -0.494 e. The van der Waals surface area contributed by atoms with Gasteiger partial charge in [-0.25, -0.2) is 18.2 Å². The Morgan fingerprint density at radius 2 is 1.88 bits per heavy atom. The fourth-order valence-electron chi connectivity index (χ4n) is 7.50. The number of rotatable bonds is 8.